The molecule has 114 valence electrons. The van der Waals surface area contributed by atoms with Crippen LogP contribution < -0.4 is 5.32 Å². The Bertz CT molecular complexity index is 412. The molecule has 20 heavy (non-hydrogen) atoms. The first-order valence-corrected chi connectivity index (χ1v) is 7.81. The standard InChI is InChI=1S/C17H29ClN2/c1-13(11-12-19-17(3,4)5)20(6)14(2)15-9-7-8-10-16(15)18/h7-10,13-14,19H,11-12H2,1-6H3. The molecule has 2 atom stereocenters. The second kappa shape index (κ2) is 7.44. The number of hydrogen-bond donors (Lipinski definition) is 1. The van der Waals surface area contributed by atoms with Crippen molar-refractivity contribution in [3.8, 4) is 0 Å². The van der Waals surface area contributed by atoms with Crippen LogP contribution in [0.15, 0.2) is 24.3 Å². The molecule has 0 saturated carbocycles. The van der Waals surface area contributed by atoms with Crippen LogP contribution in [-0.2, 0) is 0 Å². The van der Waals surface area contributed by atoms with Gasteiger partial charge >= 0.3 is 0 Å². The molecule has 0 radical (unpaired) electrons. The summed E-state index contributed by atoms with van der Waals surface area (Å²) >= 11 is 6.29. The quantitative estimate of drug-likeness (QED) is 0.831. The van der Waals surface area contributed by atoms with Gasteiger partial charge in [0.15, 0.2) is 0 Å². The van der Waals surface area contributed by atoms with Crippen molar-refractivity contribution in [2.24, 2.45) is 0 Å². The van der Waals surface area contributed by atoms with Gasteiger partial charge in [-0.25, -0.2) is 0 Å². The Labute approximate surface area is 129 Å². The topological polar surface area (TPSA) is 15.3 Å². The van der Waals surface area contributed by atoms with E-state index in [1.54, 1.807) is 0 Å². The summed E-state index contributed by atoms with van der Waals surface area (Å²) in [5.41, 5.74) is 1.39. The summed E-state index contributed by atoms with van der Waals surface area (Å²) in [6.07, 6.45) is 1.13. The molecule has 0 saturated heterocycles. The van der Waals surface area contributed by atoms with Crippen LogP contribution in [0.5, 0.6) is 0 Å². The lowest BCUT2D eigenvalue weighted by Gasteiger charge is -2.32. The van der Waals surface area contributed by atoms with Gasteiger partial charge in [-0.15, -0.1) is 0 Å². The third-order valence-electron chi connectivity index (χ3n) is 3.88. The van der Waals surface area contributed by atoms with Gasteiger partial charge in [0.05, 0.1) is 0 Å². The van der Waals surface area contributed by atoms with Gasteiger partial charge in [0.2, 0.25) is 0 Å². The Morgan fingerprint density at radius 2 is 1.80 bits per heavy atom. The molecule has 1 aromatic rings. The molecule has 1 aromatic carbocycles. The molecule has 1 N–H and O–H groups in total. The van der Waals surface area contributed by atoms with Gasteiger partial charge in [0, 0.05) is 22.6 Å². The Morgan fingerprint density at radius 3 is 2.35 bits per heavy atom. The zero-order valence-corrected chi connectivity index (χ0v) is 14.5. The van der Waals surface area contributed by atoms with Crippen LogP contribution in [0.1, 0.15) is 52.6 Å². The number of nitrogens with zero attached hydrogens (tertiary/aromatic N) is 1. The number of hydrogen-bond acceptors (Lipinski definition) is 2. The highest BCUT2D eigenvalue weighted by atomic mass is 35.5. The highest BCUT2D eigenvalue weighted by Crippen LogP contribution is 2.27. The van der Waals surface area contributed by atoms with E-state index in [9.17, 15) is 0 Å². The van der Waals surface area contributed by atoms with Crippen molar-refractivity contribution in [2.75, 3.05) is 13.6 Å². The van der Waals surface area contributed by atoms with Gasteiger partial charge in [0.1, 0.15) is 0 Å². The van der Waals surface area contributed by atoms with E-state index in [4.69, 9.17) is 11.6 Å². The minimum absolute atomic E-state index is 0.187. The highest BCUT2D eigenvalue weighted by molar-refractivity contribution is 6.31. The van der Waals surface area contributed by atoms with Gasteiger partial charge < -0.3 is 5.32 Å². The van der Waals surface area contributed by atoms with E-state index in [-0.39, 0.29) is 5.54 Å². The third-order valence-corrected chi connectivity index (χ3v) is 4.22. The maximum atomic E-state index is 6.29. The van der Waals surface area contributed by atoms with E-state index in [2.05, 4.69) is 64.0 Å². The van der Waals surface area contributed by atoms with Crippen LogP contribution in [0.3, 0.4) is 0 Å². The number of halogens is 1. The van der Waals surface area contributed by atoms with Crippen molar-refractivity contribution in [1.82, 2.24) is 10.2 Å². The largest absolute Gasteiger partial charge is 0.312 e. The summed E-state index contributed by atoms with van der Waals surface area (Å²) in [5, 5.41) is 4.40. The summed E-state index contributed by atoms with van der Waals surface area (Å²) in [5.74, 6) is 0. The van der Waals surface area contributed by atoms with Crippen molar-refractivity contribution in [2.45, 2.75) is 58.7 Å². The van der Waals surface area contributed by atoms with Crippen LogP contribution in [0, 0.1) is 0 Å². The molecule has 2 unspecified atom stereocenters. The number of benzene rings is 1. The number of rotatable bonds is 6. The van der Waals surface area contributed by atoms with E-state index in [1.807, 2.05) is 12.1 Å². The molecular formula is C17H29ClN2. The summed E-state index contributed by atoms with van der Waals surface area (Å²) in [4.78, 5) is 2.39. The molecule has 1 rings (SSSR count). The maximum absolute atomic E-state index is 6.29. The fraction of sp³-hybridized carbons (Fsp3) is 0.647. The van der Waals surface area contributed by atoms with E-state index in [0.717, 1.165) is 18.0 Å². The minimum Gasteiger partial charge on any atom is -0.312 e. The smallest absolute Gasteiger partial charge is 0.0453 e. The van der Waals surface area contributed by atoms with Gasteiger partial charge in [-0.3, -0.25) is 4.90 Å². The predicted octanol–water partition coefficient (Wildman–Crippen LogP) is 4.50. The first-order valence-electron chi connectivity index (χ1n) is 7.44. The molecule has 0 heterocycles. The summed E-state index contributed by atoms with van der Waals surface area (Å²) in [6, 6.07) is 8.95. The fourth-order valence-electron chi connectivity index (χ4n) is 2.27. The zero-order valence-electron chi connectivity index (χ0n) is 13.7. The molecule has 0 aliphatic rings. The second-order valence-electron chi connectivity index (χ2n) is 6.68. The van der Waals surface area contributed by atoms with Crippen molar-refractivity contribution >= 4 is 11.6 Å². The summed E-state index contributed by atoms with van der Waals surface area (Å²) < 4.78 is 0. The predicted molar refractivity (Wildman–Crippen MR) is 89.5 cm³/mol. The molecular weight excluding hydrogens is 268 g/mol. The van der Waals surface area contributed by atoms with Crippen LogP contribution in [0.4, 0.5) is 0 Å². The van der Waals surface area contributed by atoms with Crippen molar-refractivity contribution < 1.29 is 0 Å². The first kappa shape index (κ1) is 17.5. The molecule has 0 aliphatic heterocycles. The lowest BCUT2D eigenvalue weighted by atomic mass is 10.0. The Kier molecular flexibility index (Phi) is 6.50. The Morgan fingerprint density at radius 1 is 1.20 bits per heavy atom. The van der Waals surface area contributed by atoms with Gasteiger partial charge in [-0.1, -0.05) is 29.8 Å². The minimum atomic E-state index is 0.187. The Hall–Kier alpha value is -0.570. The van der Waals surface area contributed by atoms with E-state index < -0.39 is 0 Å². The average Bonchev–Trinajstić information content (AvgIpc) is 2.36. The maximum Gasteiger partial charge on any atom is 0.0453 e. The number of nitrogens with one attached hydrogen (secondary N) is 1. The molecule has 2 nitrogen and oxygen atoms in total. The van der Waals surface area contributed by atoms with Crippen molar-refractivity contribution in [3.05, 3.63) is 34.9 Å². The Balaban J connectivity index is 2.56. The lowest BCUT2D eigenvalue weighted by Crippen LogP contribution is -2.40. The molecule has 0 spiro atoms. The molecule has 0 fully saturated rings. The lowest BCUT2D eigenvalue weighted by molar-refractivity contribution is 0.185. The van der Waals surface area contributed by atoms with Crippen molar-refractivity contribution in [1.29, 1.82) is 0 Å². The van der Waals surface area contributed by atoms with Crippen molar-refractivity contribution in [3.63, 3.8) is 0 Å². The summed E-state index contributed by atoms with van der Waals surface area (Å²) in [6.45, 7) is 12.1. The fourth-order valence-corrected chi connectivity index (χ4v) is 2.57. The average molecular weight is 297 g/mol. The van der Waals surface area contributed by atoms with Gasteiger partial charge in [0.25, 0.3) is 0 Å². The molecule has 3 heteroatoms. The van der Waals surface area contributed by atoms with Crippen LogP contribution in [0.25, 0.3) is 0 Å². The normalized spacial score (nSPS) is 15.4. The summed E-state index contributed by atoms with van der Waals surface area (Å²) in [7, 11) is 2.18. The molecule has 0 aromatic heterocycles. The van der Waals surface area contributed by atoms with Gasteiger partial charge in [-0.2, -0.15) is 0 Å². The third kappa shape index (κ3) is 5.43. The first-order chi connectivity index (χ1) is 9.22. The van der Waals surface area contributed by atoms with Gasteiger partial charge in [-0.05, 0) is 66.3 Å². The highest BCUT2D eigenvalue weighted by Gasteiger charge is 2.19. The SMILES string of the molecule is CC(CCNC(C)(C)C)N(C)C(C)c1ccccc1Cl. The van der Waals surface area contributed by atoms with Crippen LogP contribution in [-0.4, -0.2) is 30.1 Å². The molecule has 0 aliphatic carbocycles. The van der Waals surface area contributed by atoms with E-state index >= 15 is 0 Å². The monoisotopic (exact) mass is 296 g/mol. The van der Waals surface area contributed by atoms with Crippen LogP contribution >= 0.6 is 11.6 Å². The van der Waals surface area contributed by atoms with E-state index in [1.165, 1.54) is 5.56 Å². The molecule has 0 bridgehead atoms. The van der Waals surface area contributed by atoms with Crippen LogP contribution in [0.2, 0.25) is 5.02 Å². The molecule has 0 amide bonds. The van der Waals surface area contributed by atoms with E-state index in [0.29, 0.717) is 12.1 Å². The second-order valence-corrected chi connectivity index (χ2v) is 7.08. The zero-order chi connectivity index (χ0) is 15.3.